The maximum absolute atomic E-state index is 10.3. The van der Waals surface area contributed by atoms with Crippen LogP contribution < -0.4 is 14.8 Å². The van der Waals surface area contributed by atoms with Gasteiger partial charge in [0.15, 0.2) is 11.5 Å². The standard InChI is InChI=1S/C16H25NO4/c1-11(2)13(10-19-3)17-9-14(18)12-4-5-15-16(8-12)21-7-6-20-15/h4-5,8,11,13-14,17-18H,6-7,9-10H2,1-3H3. The Kier molecular flexibility index (Phi) is 5.85. The van der Waals surface area contributed by atoms with E-state index in [0.717, 1.165) is 11.3 Å². The average Bonchev–Trinajstić information content (AvgIpc) is 2.50. The van der Waals surface area contributed by atoms with E-state index in [1.54, 1.807) is 7.11 Å². The molecule has 0 amide bonds. The van der Waals surface area contributed by atoms with Crippen LogP contribution in [0.2, 0.25) is 0 Å². The van der Waals surface area contributed by atoms with Gasteiger partial charge in [-0.2, -0.15) is 0 Å². The van der Waals surface area contributed by atoms with Crippen LogP contribution in [0.15, 0.2) is 18.2 Å². The van der Waals surface area contributed by atoms with Crippen LogP contribution in [0.4, 0.5) is 0 Å². The van der Waals surface area contributed by atoms with Gasteiger partial charge in [0.05, 0.1) is 12.7 Å². The first-order chi connectivity index (χ1) is 10.1. The van der Waals surface area contributed by atoms with Crippen LogP contribution in [0.1, 0.15) is 25.5 Å². The molecule has 21 heavy (non-hydrogen) atoms. The van der Waals surface area contributed by atoms with Gasteiger partial charge >= 0.3 is 0 Å². The van der Waals surface area contributed by atoms with Crippen LogP contribution in [-0.2, 0) is 4.74 Å². The molecule has 0 bridgehead atoms. The lowest BCUT2D eigenvalue weighted by molar-refractivity contribution is 0.123. The van der Waals surface area contributed by atoms with Crippen molar-refractivity contribution in [1.29, 1.82) is 0 Å². The summed E-state index contributed by atoms with van der Waals surface area (Å²) >= 11 is 0. The number of aliphatic hydroxyl groups excluding tert-OH is 1. The van der Waals surface area contributed by atoms with Crippen LogP contribution in [0.25, 0.3) is 0 Å². The van der Waals surface area contributed by atoms with Gasteiger partial charge in [0.1, 0.15) is 13.2 Å². The Labute approximate surface area is 126 Å². The number of fused-ring (bicyclic) bond motifs is 1. The van der Waals surface area contributed by atoms with Gasteiger partial charge in [-0.1, -0.05) is 19.9 Å². The lowest BCUT2D eigenvalue weighted by atomic mass is 10.0. The molecule has 1 aliphatic rings. The molecular weight excluding hydrogens is 270 g/mol. The van der Waals surface area contributed by atoms with Crippen LogP contribution in [0, 0.1) is 5.92 Å². The highest BCUT2D eigenvalue weighted by atomic mass is 16.6. The van der Waals surface area contributed by atoms with Crippen molar-refractivity contribution in [2.75, 3.05) is 33.5 Å². The smallest absolute Gasteiger partial charge is 0.161 e. The maximum Gasteiger partial charge on any atom is 0.161 e. The largest absolute Gasteiger partial charge is 0.486 e. The van der Waals surface area contributed by atoms with E-state index in [1.165, 1.54) is 0 Å². The Morgan fingerprint density at radius 2 is 1.95 bits per heavy atom. The molecule has 1 aliphatic heterocycles. The second-order valence-corrected chi connectivity index (χ2v) is 5.63. The highest BCUT2D eigenvalue weighted by Gasteiger charge is 2.18. The Balaban J connectivity index is 1.95. The van der Waals surface area contributed by atoms with Crippen LogP contribution in [-0.4, -0.2) is 44.6 Å². The third-order valence-corrected chi connectivity index (χ3v) is 3.68. The van der Waals surface area contributed by atoms with Gasteiger partial charge in [-0.15, -0.1) is 0 Å². The highest BCUT2D eigenvalue weighted by molar-refractivity contribution is 5.44. The van der Waals surface area contributed by atoms with E-state index in [9.17, 15) is 5.11 Å². The quantitative estimate of drug-likeness (QED) is 0.802. The topological polar surface area (TPSA) is 60.0 Å². The van der Waals surface area contributed by atoms with E-state index in [2.05, 4.69) is 19.2 Å². The number of hydrogen-bond donors (Lipinski definition) is 2. The van der Waals surface area contributed by atoms with Gasteiger partial charge in [0.25, 0.3) is 0 Å². The fourth-order valence-corrected chi connectivity index (χ4v) is 2.31. The van der Waals surface area contributed by atoms with E-state index in [1.807, 2.05) is 18.2 Å². The Bertz CT molecular complexity index is 450. The van der Waals surface area contributed by atoms with E-state index in [-0.39, 0.29) is 6.04 Å². The first-order valence-corrected chi connectivity index (χ1v) is 7.41. The van der Waals surface area contributed by atoms with Gasteiger partial charge in [-0.05, 0) is 23.6 Å². The summed E-state index contributed by atoms with van der Waals surface area (Å²) in [6, 6.07) is 5.80. The highest BCUT2D eigenvalue weighted by Crippen LogP contribution is 2.32. The van der Waals surface area contributed by atoms with E-state index < -0.39 is 6.10 Å². The number of benzene rings is 1. The zero-order valence-electron chi connectivity index (χ0n) is 13.0. The summed E-state index contributed by atoms with van der Waals surface area (Å²) in [6.45, 7) is 6.50. The summed E-state index contributed by atoms with van der Waals surface area (Å²) in [5.74, 6) is 1.89. The van der Waals surface area contributed by atoms with Gasteiger partial charge < -0.3 is 24.6 Å². The van der Waals surface area contributed by atoms with Crippen molar-refractivity contribution in [2.24, 2.45) is 5.92 Å². The molecule has 2 N–H and O–H groups in total. The zero-order chi connectivity index (χ0) is 15.2. The minimum atomic E-state index is -0.584. The lowest BCUT2D eigenvalue weighted by Gasteiger charge is -2.24. The van der Waals surface area contributed by atoms with E-state index >= 15 is 0 Å². The normalized spacial score (nSPS) is 16.8. The predicted molar refractivity (Wildman–Crippen MR) is 80.9 cm³/mol. The Hall–Kier alpha value is -1.30. The fourth-order valence-electron chi connectivity index (χ4n) is 2.31. The van der Waals surface area contributed by atoms with Crippen molar-refractivity contribution in [3.05, 3.63) is 23.8 Å². The van der Waals surface area contributed by atoms with Gasteiger partial charge in [-0.25, -0.2) is 0 Å². The third-order valence-electron chi connectivity index (χ3n) is 3.68. The molecular formula is C16H25NO4. The summed E-state index contributed by atoms with van der Waals surface area (Å²) in [4.78, 5) is 0. The molecule has 0 aliphatic carbocycles. The number of nitrogens with one attached hydrogen (secondary N) is 1. The Morgan fingerprint density at radius 3 is 2.62 bits per heavy atom. The number of rotatable bonds is 7. The summed E-state index contributed by atoms with van der Waals surface area (Å²) in [7, 11) is 1.69. The molecule has 1 aromatic carbocycles. The molecule has 118 valence electrons. The molecule has 2 unspecified atom stereocenters. The molecule has 5 heteroatoms. The van der Waals surface area contributed by atoms with Crippen molar-refractivity contribution >= 4 is 0 Å². The van der Waals surface area contributed by atoms with Gasteiger partial charge in [0, 0.05) is 19.7 Å². The maximum atomic E-state index is 10.3. The van der Waals surface area contributed by atoms with Crippen molar-refractivity contribution < 1.29 is 19.3 Å². The fraction of sp³-hybridized carbons (Fsp3) is 0.625. The van der Waals surface area contributed by atoms with Crippen LogP contribution >= 0.6 is 0 Å². The number of methoxy groups -OCH3 is 1. The molecule has 0 saturated heterocycles. The van der Waals surface area contributed by atoms with E-state index in [0.29, 0.717) is 38.0 Å². The van der Waals surface area contributed by atoms with Gasteiger partial charge in [-0.3, -0.25) is 0 Å². The molecule has 5 nitrogen and oxygen atoms in total. The second kappa shape index (κ2) is 7.64. The second-order valence-electron chi connectivity index (χ2n) is 5.63. The number of aliphatic hydroxyl groups is 1. The van der Waals surface area contributed by atoms with Gasteiger partial charge in [0.2, 0.25) is 0 Å². The molecule has 0 fully saturated rings. The van der Waals surface area contributed by atoms with Crippen molar-refractivity contribution in [3.63, 3.8) is 0 Å². The molecule has 1 heterocycles. The first kappa shape index (κ1) is 16.1. The molecule has 1 aromatic rings. The minimum Gasteiger partial charge on any atom is -0.486 e. The minimum absolute atomic E-state index is 0.224. The Morgan fingerprint density at radius 1 is 1.24 bits per heavy atom. The lowest BCUT2D eigenvalue weighted by Crippen LogP contribution is -2.40. The molecule has 0 aromatic heterocycles. The molecule has 2 rings (SSSR count). The summed E-state index contributed by atoms with van der Waals surface area (Å²) < 4.78 is 16.2. The zero-order valence-corrected chi connectivity index (χ0v) is 13.0. The monoisotopic (exact) mass is 295 g/mol. The van der Waals surface area contributed by atoms with Crippen molar-refractivity contribution in [3.8, 4) is 11.5 Å². The summed E-state index contributed by atoms with van der Waals surface area (Å²) in [6.07, 6.45) is -0.584. The van der Waals surface area contributed by atoms with E-state index in [4.69, 9.17) is 14.2 Å². The predicted octanol–water partition coefficient (Wildman–Crippen LogP) is 1.75. The molecule has 0 spiro atoms. The molecule has 0 radical (unpaired) electrons. The number of ether oxygens (including phenoxy) is 3. The van der Waals surface area contributed by atoms with Crippen molar-refractivity contribution in [1.82, 2.24) is 5.32 Å². The summed E-state index contributed by atoms with van der Waals surface area (Å²) in [5, 5.41) is 13.7. The average molecular weight is 295 g/mol. The number of hydrogen-bond acceptors (Lipinski definition) is 5. The summed E-state index contributed by atoms with van der Waals surface area (Å²) in [5.41, 5.74) is 0.826. The van der Waals surface area contributed by atoms with Crippen LogP contribution in [0.3, 0.4) is 0 Å². The molecule has 2 atom stereocenters. The van der Waals surface area contributed by atoms with Crippen molar-refractivity contribution in [2.45, 2.75) is 26.0 Å². The molecule has 0 saturated carbocycles. The third kappa shape index (κ3) is 4.33. The first-order valence-electron chi connectivity index (χ1n) is 7.41. The SMILES string of the molecule is COCC(NCC(O)c1ccc2c(c1)OCCO2)C(C)C. The van der Waals surface area contributed by atoms with Crippen LogP contribution in [0.5, 0.6) is 11.5 Å².